The normalized spacial score (nSPS) is 21.6. The average Bonchev–Trinajstić information content (AvgIpc) is 2.68. The van der Waals surface area contributed by atoms with Gasteiger partial charge in [-0.3, -0.25) is 4.79 Å². The second-order valence-electron chi connectivity index (χ2n) is 6.39. The molecule has 25 heavy (non-hydrogen) atoms. The molecule has 0 aromatic carbocycles. The summed E-state index contributed by atoms with van der Waals surface area (Å²) in [4.78, 5) is 23.4. The molecular formula is C17H23N5O2S. The Kier molecular flexibility index (Phi) is 6.10. The van der Waals surface area contributed by atoms with Crippen molar-refractivity contribution >= 4 is 23.5 Å². The monoisotopic (exact) mass is 361 g/mol. The molecule has 0 saturated carbocycles. The Morgan fingerprint density at radius 1 is 1.44 bits per heavy atom. The molecule has 1 aromatic rings. The number of rotatable bonds is 4. The summed E-state index contributed by atoms with van der Waals surface area (Å²) < 4.78 is 5.34. The van der Waals surface area contributed by atoms with E-state index in [4.69, 9.17) is 4.74 Å². The summed E-state index contributed by atoms with van der Waals surface area (Å²) in [5.74, 6) is 0.676. The fraction of sp³-hybridized carbons (Fsp3) is 0.647. The highest BCUT2D eigenvalue weighted by Crippen LogP contribution is 2.26. The van der Waals surface area contributed by atoms with E-state index in [1.54, 1.807) is 6.20 Å². The van der Waals surface area contributed by atoms with E-state index in [1.807, 2.05) is 6.26 Å². The van der Waals surface area contributed by atoms with Gasteiger partial charge in [0.05, 0.1) is 12.1 Å². The van der Waals surface area contributed by atoms with E-state index in [-0.39, 0.29) is 17.9 Å². The number of nitrogens with one attached hydrogen (secondary N) is 1. The summed E-state index contributed by atoms with van der Waals surface area (Å²) in [6.45, 7) is 2.83. The summed E-state index contributed by atoms with van der Waals surface area (Å²) >= 11 is 1.45. The minimum Gasteiger partial charge on any atom is -0.381 e. The third-order valence-corrected chi connectivity index (χ3v) is 5.27. The number of amides is 1. The maximum absolute atomic E-state index is 12.6. The second-order valence-corrected chi connectivity index (χ2v) is 7.16. The molecule has 2 fully saturated rings. The van der Waals surface area contributed by atoms with Crippen LogP contribution in [0.5, 0.6) is 0 Å². The first-order chi connectivity index (χ1) is 12.2. The van der Waals surface area contributed by atoms with Gasteiger partial charge in [0.15, 0.2) is 11.0 Å². The summed E-state index contributed by atoms with van der Waals surface area (Å²) in [7, 11) is 0. The Balaban J connectivity index is 1.68. The van der Waals surface area contributed by atoms with Crippen LogP contribution in [-0.4, -0.2) is 54.5 Å². The predicted molar refractivity (Wildman–Crippen MR) is 95.4 cm³/mol. The minimum atomic E-state index is -0.0733. The van der Waals surface area contributed by atoms with Crippen molar-refractivity contribution in [2.75, 3.05) is 37.5 Å². The van der Waals surface area contributed by atoms with Crippen molar-refractivity contribution in [2.24, 2.45) is 5.92 Å². The van der Waals surface area contributed by atoms with Crippen molar-refractivity contribution < 1.29 is 9.53 Å². The maximum atomic E-state index is 12.6. The molecule has 1 aromatic heterocycles. The molecule has 2 saturated heterocycles. The van der Waals surface area contributed by atoms with Gasteiger partial charge in [-0.25, -0.2) is 9.97 Å². The minimum absolute atomic E-state index is 0.0733. The van der Waals surface area contributed by atoms with E-state index in [2.05, 4.69) is 26.3 Å². The molecule has 134 valence electrons. The lowest BCUT2D eigenvalue weighted by Crippen LogP contribution is -2.47. The van der Waals surface area contributed by atoms with Gasteiger partial charge in [-0.15, -0.1) is 0 Å². The zero-order valence-electron chi connectivity index (χ0n) is 14.4. The van der Waals surface area contributed by atoms with Gasteiger partial charge in [0.1, 0.15) is 11.6 Å². The zero-order valence-corrected chi connectivity index (χ0v) is 15.2. The Morgan fingerprint density at radius 3 is 2.96 bits per heavy atom. The number of aromatic nitrogens is 2. The van der Waals surface area contributed by atoms with E-state index in [0.717, 1.165) is 32.2 Å². The number of anilines is 1. The molecule has 1 N–H and O–H groups in total. The van der Waals surface area contributed by atoms with Crippen molar-refractivity contribution in [3.05, 3.63) is 11.8 Å². The van der Waals surface area contributed by atoms with Crippen molar-refractivity contribution in [1.82, 2.24) is 15.3 Å². The Hall–Kier alpha value is -1.85. The molecule has 1 amide bonds. The lowest BCUT2D eigenvalue weighted by atomic mass is 9.96. The van der Waals surface area contributed by atoms with Crippen LogP contribution in [0.4, 0.5) is 5.82 Å². The fourth-order valence-corrected chi connectivity index (χ4v) is 3.66. The molecule has 0 aliphatic carbocycles. The molecule has 0 spiro atoms. The van der Waals surface area contributed by atoms with Crippen LogP contribution >= 0.6 is 11.8 Å². The van der Waals surface area contributed by atoms with Crippen LogP contribution in [0.1, 0.15) is 31.2 Å². The second kappa shape index (κ2) is 8.50. The van der Waals surface area contributed by atoms with Crippen molar-refractivity contribution in [3.63, 3.8) is 0 Å². The van der Waals surface area contributed by atoms with Gasteiger partial charge in [0, 0.05) is 32.3 Å². The highest BCUT2D eigenvalue weighted by Gasteiger charge is 2.29. The van der Waals surface area contributed by atoms with Gasteiger partial charge in [-0.2, -0.15) is 5.26 Å². The SMILES string of the molecule is CSc1ncc(C#N)c(N2CCCC(C(=O)NC3CCOCC3)C2)n1. The van der Waals surface area contributed by atoms with Crippen LogP contribution < -0.4 is 10.2 Å². The molecule has 3 rings (SSSR count). The first-order valence-corrected chi connectivity index (χ1v) is 9.88. The van der Waals surface area contributed by atoms with E-state index in [9.17, 15) is 10.1 Å². The lowest BCUT2D eigenvalue weighted by Gasteiger charge is -2.34. The molecule has 7 nitrogen and oxygen atoms in total. The van der Waals surface area contributed by atoms with E-state index < -0.39 is 0 Å². The van der Waals surface area contributed by atoms with Crippen LogP contribution in [0.25, 0.3) is 0 Å². The number of ether oxygens (including phenoxy) is 1. The number of hydrogen-bond acceptors (Lipinski definition) is 7. The fourth-order valence-electron chi connectivity index (χ4n) is 3.32. The van der Waals surface area contributed by atoms with Crippen molar-refractivity contribution in [3.8, 4) is 6.07 Å². The summed E-state index contributed by atoms with van der Waals surface area (Å²) in [6.07, 6.45) is 7.02. The topological polar surface area (TPSA) is 91.1 Å². The summed E-state index contributed by atoms with van der Waals surface area (Å²) in [5, 5.41) is 13.2. The maximum Gasteiger partial charge on any atom is 0.225 e. The Bertz CT molecular complexity index is 657. The number of piperidine rings is 1. The van der Waals surface area contributed by atoms with E-state index in [1.165, 1.54) is 11.8 Å². The van der Waals surface area contributed by atoms with Crippen molar-refractivity contribution in [1.29, 1.82) is 5.26 Å². The Labute approximate surface area is 152 Å². The van der Waals surface area contributed by atoms with Crippen LogP contribution in [-0.2, 0) is 9.53 Å². The molecule has 3 heterocycles. The Morgan fingerprint density at radius 2 is 2.24 bits per heavy atom. The summed E-state index contributed by atoms with van der Waals surface area (Å²) in [5.41, 5.74) is 0.461. The largest absolute Gasteiger partial charge is 0.381 e. The number of thioether (sulfide) groups is 1. The van der Waals surface area contributed by atoms with Gasteiger partial charge in [0.25, 0.3) is 0 Å². The molecule has 1 unspecified atom stereocenters. The molecular weight excluding hydrogens is 338 g/mol. The number of hydrogen-bond donors (Lipinski definition) is 1. The zero-order chi connectivity index (χ0) is 17.6. The van der Waals surface area contributed by atoms with Crippen LogP contribution in [0.15, 0.2) is 11.4 Å². The van der Waals surface area contributed by atoms with Gasteiger partial charge in [0.2, 0.25) is 5.91 Å². The smallest absolute Gasteiger partial charge is 0.225 e. The van der Waals surface area contributed by atoms with Gasteiger partial charge >= 0.3 is 0 Å². The van der Waals surface area contributed by atoms with E-state index in [0.29, 0.717) is 36.3 Å². The quantitative estimate of drug-likeness (QED) is 0.643. The number of nitriles is 1. The standard InChI is InChI=1S/C17H23N5O2S/c1-25-17-19-10-13(9-18)15(21-17)22-6-2-3-12(11-22)16(23)20-14-4-7-24-8-5-14/h10,12,14H,2-8,11H2,1H3,(H,20,23). The van der Waals surface area contributed by atoms with E-state index >= 15 is 0 Å². The molecule has 2 aliphatic rings. The third-order valence-electron chi connectivity index (χ3n) is 4.71. The molecule has 1 atom stereocenters. The van der Waals surface area contributed by atoms with Crippen LogP contribution in [0.3, 0.4) is 0 Å². The van der Waals surface area contributed by atoms with Crippen molar-refractivity contribution in [2.45, 2.75) is 36.9 Å². The molecule has 8 heteroatoms. The molecule has 2 aliphatic heterocycles. The average molecular weight is 361 g/mol. The third kappa shape index (κ3) is 4.41. The predicted octanol–water partition coefficient (Wildman–Crippen LogP) is 1.58. The van der Waals surface area contributed by atoms with Crippen LogP contribution in [0, 0.1) is 17.2 Å². The van der Waals surface area contributed by atoms with Crippen LogP contribution in [0.2, 0.25) is 0 Å². The lowest BCUT2D eigenvalue weighted by molar-refractivity contribution is -0.126. The molecule has 0 bridgehead atoms. The number of carbonyl (C=O) groups is 1. The highest BCUT2D eigenvalue weighted by molar-refractivity contribution is 7.98. The molecule has 0 radical (unpaired) electrons. The number of nitrogens with zero attached hydrogens (tertiary/aromatic N) is 4. The van der Waals surface area contributed by atoms with Gasteiger partial charge in [-0.1, -0.05) is 11.8 Å². The van der Waals surface area contributed by atoms with Gasteiger partial charge in [-0.05, 0) is 31.9 Å². The highest BCUT2D eigenvalue weighted by atomic mass is 32.2. The first kappa shape index (κ1) is 18.0. The first-order valence-electron chi connectivity index (χ1n) is 8.65. The van der Waals surface area contributed by atoms with Gasteiger partial charge < -0.3 is 15.0 Å². The summed E-state index contributed by atoms with van der Waals surface area (Å²) in [6, 6.07) is 2.38. The number of carbonyl (C=O) groups excluding carboxylic acids is 1.